The fourth-order valence-corrected chi connectivity index (χ4v) is 1.68. The third kappa shape index (κ3) is 3.88. The van der Waals surface area contributed by atoms with Gasteiger partial charge >= 0.3 is 0 Å². The second kappa shape index (κ2) is 6.65. The van der Waals surface area contributed by atoms with Crippen LogP contribution in [0.2, 0.25) is 0 Å². The van der Waals surface area contributed by atoms with E-state index < -0.39 is 17.5 Å². The second-order valence-corrected chi connectivity index (χ2v) is 4.14. The number of amides is 1. The number of primary amides is 1. The molecule has 0 atom stereocenters. The molecule has 1 aromatic heterocycles. The van der Waals surface area contributed by atoms with Crippen LogP contribution in [-0.2, 0) is 0 Å². The van der Waals surface area contributed by atoms with Crippen LogP contribution < -0.4 is 15.8 Å². The van der Waals surface area contributed by atoms with E-state index in [1.807, 2.05) is 0 Å². The second-order valence-electron chi connectivity index (χ2n) is 4.14. The zero-order chi connectivity index (χ0) is 15.2. The highest BCUT2D eigenvalue weighted by Gasteiger charge is 2.08. The van der Waals surface area contributed by atoms with Crippen LogP contribution in [0.25, 0.3) is 0 Å². The van der Waals surface area contributed by atoms with Gasteiger partial charge in [-0.2, -0.15) is 0 Å². The SMILES string of the molecule is NC(=O)c1cnccc1NCCOc1ccc(F)cc1F. The maximum absolute atomic E-state index is 13.3. The van der Waals surface area contributed by atoms with Crippen LogP contribution in [0.4, 0.5) is 14.5 Å². The van der Waals surface area contributed by atoms with Gasteiger partial charge in [0.25, 0.3) is 5.91 Å². The summed E-state index contributed by atoms with van der Waals surface area (Å²) in [5.41, 5.74) is 5.98. The van der Waals surface area contributed by atoms with Gasteiger partial charge in [-0.25, -0.2) is 8.78 Å². The summed E-state index contributed by atoms with van der Waals surface area (Å²) in [7, 11) is 0. The molecule has 110 valence electrons. The lowest BCUT2D eigenvalue weighted by molar-refractivity contribution is 0.100. The average Bonchev–Trinajstić information content (AvgIpc) is 2.45. The fourth-order valence-electron chi connectivity index (χ4n) is 1.68. The van der Waals surface area contributed by atoms with Crippen molar-refractivity contribution in [1.29, 1.82) is 0 Å². The van der Waals surface area contributed by atoms with E-state index in [1.165, 1.54) is 18.5 Å². The highest BCUT2D eigenvalue weighted by molar-refractivity contribution is 5.98. The highest BCUT2D eigenvalue weighted by atomic mass is 19.1. The molecular weight excluding hydrogens is 280 g/mol. The minimum Gasteiger partial charge on any atom is -0.489 e. The molecule has 0 fully saturated rings. The van der Waals surface area contributed by atoms with Gasteiger partial charge in [0.05, 0.1) is 11.3 Å². The molecule has 0 aliphatic carbocycles. The molecule has 5 nitrogen and oxygen atoms in total. The number of carbonyl (C=O) groups excluding carboxylic acids is 1. The van der Waals surface area contributed by atoms with Crippen LogP contribution in [0.1, 0.15) is 10.4 Å². The Labute approximate surface area is 119 Å². The molecule has 7 heteroatoms. The van der Waals surface area contributed by atoms with Gasteiger partial charge in [-0.3, -0.25) is 9.78 Å². The Bertz CT molecular complexity index is 650. The highest BCUT2D eigenvalue weighted by Crippen LogP contribution is 2.17. The molecule has 1 heterocycles. The number of hydrogen-bond acceptors (Lipinski definition) is 4. The summed E-state index contributed by atoms with van der Waals surface area (Å²) >= 11 is 0. The summed E-state index contributed by atoms with van der Waals surface area (Å²) in [4.78, 5) is 15.0. The summed E-state index contributed by atoms with van der Waals surface area (Å²) in [5.74, 6) is -2.07. The Kier molecular flexibility index (Phi) is 4.65. The largest absolute Gasteiger partial charge is 0.489 e. The number of ether oxygens (including phenoxy) is 1. The van der Waals surface area contributed by atoms with Crippen LogP contribution in [0.15, 0.2) is 36.7 Å². The van der Waals surface area contributed by atoms with Crippen molar-refractivity contribution in [2.45, 2.75) is 0 Å². The van der Waals surface area contributed by atoms with E-state index >= 15 is 0 Å². The summed E-state index contributed by atoms with van der Waals surface area (Å²) in [6, 6.07) is 4.67. The Morgan fingerprint density at radius 2 is 2.14 bits per heavy atom. The smallest absolute Gasteiger partial charge is 0.252 e. The lowest BCUT2D eigenvalue weighted by atomic mass is 10.2. The number of rotatable bonds is 6. The molecule has 3 N–H and O–H groups in total. The first-order valence-corrected chi connectivity index (χ1v) is 6.13. The average molecular weight is 293 g/mol. The molecule has 1 aromatic carbocycles. The number of pyridine rings is 1. The molecule has 0 bridgehead atoms. The van der Waals surface area contributed by atoms with E-state index in [4.69, 9.17) is 10.5 Å². The van der Waals surface area contributed by atoms with Gasteiger partial charge < -0.3 is 15.8 Å². The molecule has 2 aromatic rings. The van der Waals surface area contributed by atoms with Crippen molar-refractivity contribution in [2.75, 3.05) is 18.5 Å². The molecule has 0 spiro atoms. The van der Waals surface area contributed by atoms with Gasteiger partial charge in [0.1, 0.15) is 12.4 Å². The van der Waals surface area contributed by atoms with E-state index in [2.05, 4.69) is 10.3 Å². The summed E-state index contributed by atoms with van der Waals surface area (Å²) < 4.78 is 31.2. The summed E-state index contributed by atoms with van der Waals surface area (Å²) in [6.07, 6.45) is 2.86. The molecule has 1 amide bonds. The van der Waals surface area contributed by atoms with Crippen LogP contribution >= 0.6 is 0 Å². The zero-order valence-electron chi connectivity index (χ0n) is 11.0. The van der Waals surface area contributed by atoms with E-state index in [0.717, 1.165) is 12.1 Å². The number of benzene rings is 1. The number of nitrogens with zero attached hydrogens (tertiary/aromatic N) is 1. The first-order chi connectivity index (χ1) is 10.1. The maximum Gasteiger partial charge on any atom is 0.252 e. The van der Waals surface area contributed by atoms with E-state index in [-0.39, 0.29) is 17.9 Å². The zero-order valence-corrected chi connectivity index (χ0v) is 11.0. The third-order valence-electron chi connectivity index (χ3n) is 2.66. The van der Waals surface area contributed by atoms with Crippen molar-refractivity contribution < 1.29 is 18.3 Å². The molecule has 2 rings (SSSR count). The summed E-state index contributed by atoms with van der Waals surface area (Å²) in [5, 5.41) is 2.93. The Morgan fingerprint density at radius 1 is 1.33 bits per heavy atom. The van der Waals surface area contributed by atoms with Crippen molar-refractivity contribution >= 4 is 11.6 Å². The van der Waals surface area contributed by atoms with Gasteiger partial charge in [-0.05, 0) is 18.2 Å². The van der Waals surface area contributed by atoms with Crippen molar-refractivity contribution in [1.82, 2.24) is 4.98 Å². The number of hydrogen-bond donors (Lipinski definition) is 2. The van der Waals surface area contributed by atoms with Crippen LogP contribution in [-0.4, -0.2) is 24.0 Å². The van der Waals surface area contributed by atoms with E-state index in [0.29, 0.717) is 12.2 Å². The predicted octanol–water partition coefficient (Wildman–Crippen LogP) is 1.95. The van der Waals surface area contributed by atoms with E-state index in [9.17, 15) is 13.6 Å². The molecule has 0 radical (unpaired) electrons. The Morgan fingerprint density at radius 3 is 2.86 bits per heavy atom. The number of anilines is 1. The van der Waals surface area contributed by atoms with E-state index in [1.54, 1.807) is 6.07 Å². The van der Waals surface area contributed by atoms with Crippen molar-refractivity contribution in [3.8, 4) is 5.75 Å². The molecule has 0 unspecified atom stereocenters. The molecular formula is C14H13F2N3O2. The predicted molar refractivity (Wildman–Crippen MR) is 73.1 cm³/mol. The van der Waals surface area contributed by atoms with Crippen molar-refractivity contribution in [3.63, 3.8) is 0 Å². The number of aromatic nitrogens is 1. The van der Waals surface area contributed by atoms with Crippen molar-refractivity contribution in [2.24, 2.45) is 5.73 Å². The Balaban J connectivity index is 1.89. The number of halogens is 2. The van der Waals surface area contributed by atoms with Crippen LogP contribution in [0.5, 0.6) is 5.75 Å². The first kappa shape index (κ1) is 14.7. The molecule has 0 aliphatic heterocycles. The van der Waals surface area contributed by atoms with Crippen LogP contribution in [0.3, 0.4) is 0 Å². The summed E-state index contributed by atoms with van der Waals surface area (Å²) in [6.45, 7) is 0.435. The quantitative estimate of drug-likeness (QED) is 0.798. The lowest BCUT2D eigenvalue weighted by Gasteiger charge is -2.11. The monoisotopic (exact) mass is 293 g/mol. The fraction of sp³-hybridized carbons (Fsp3) is 0.143. The maximum atomic E-state index is 13.3. The number of carbonyl (C=O) groups is 1. The molecule has 0 saturated heterocycles. The molecule has 21 heavy (non-hydrogen) atoms. The number of nitrogens with one attached hydrogen (secondary N) is 1. The minimum atomic E-state index is -0.767. The first-order valence-electron chi connectivity index (χ1n) is 6.13. The van der Waals surface area contributed by atoms with Gasteiger partial charge in [0.15, 0.2) is 11.6 Å². The molecule has 0 saturated carbocycles. The van der Waals surface area contributed by atoms with Gasteiger partial charge in [0.2, 0.25) is 0 Å². The molecule has 0 aliphatic rings. The van der Waals surface area contributed by atoms with Crippen molar-refractivity contribution in [3.05, 3.63) is 53.9 Å². The number of nitrogens with two attached hydrogens (primary N) is 1. The standard InChI is InChI=1S/C14H13F2N3O2/c15-9-1-2-13(11(16)7-9)21-6-5-19-12-3-4-18-8-10(12)14(17)20/h1-4,7-8H,5-6H2,(H2,17,20)(H,18,19). The lowest BCUT2D eigenvalue weighted by Crippen LogP contribution is -2.17. The minimum absolute atomic E-state index is 0.0388. The Hall–Kier alpha value is -2.70. The van der Waals surface area contributed by atoms with Gasteiger partial charge in [-0.15, -0.1) is 0 Å². The topological polar surface area (TPSA) is 77.2 Å². The normalized spacial score (nSPS) is 10.2. The van der Waals surface area contributed by atoms with Crippen LogP contribution in [0, 0.1) is 11.6 Å². The van der Waals surface area contributed by atoms with Gasteiger partial charge in [-0.1, -0.05) is 0 Å². The third-order valence-corrected chi connectivity index (χ3v) is 2.66. The van der Waals surface area contributed by atoms with Gasteiger partial charge in [0, 0.05) is 25.0 Å².